The van der Waals surface area contributed by atoms with Gasteiger partial charge in [0.15, 0.2) is 22.9 Å². The van der Waals surface area contributed by atoms with Gasteiger partial charge in [-0.05, 0) is 36.6 Å². The third kappa shape index (κ3) is 4.91. The first kappa shape index (κ1) is 19.1. The normalized spacial score (nSPS) is 10.6. The fraction of sp³-hybridized carbons (Fsp3) is 0.167. The highest BCUT2D eigenvalue weighted by atomic mass is 32.2. The summed E-state index contributed by atoms with van der Waals surface area (Å²) in [6.07, 6.45) is 3.63. The molecule has 134 valence electrons. The SMILES string of the molecule is COc1ccc(NC(=O)c2cccc(N=C(NC#N)SC)c2)cc1OC. The predicted octanol–water partition coefficient (Wildman–Crippen LogP) is 3.38. The van der Waals surface area contributed by atoms with E-state index in [1.165, 1.54) is 18.9 Å². The molecular weight excluding hydrogens is 352 g/mol. The highest BCUT2D eigenvalue weighted by Crippen LogP contribution is 2.30. The van der Waals surface area contributed by atoms with E-state index in [1.807, 2.05) is 6.19 Å². The number of methoxy groups -OCH3 is 2. The lowest BCUT2D eigenvalue weighted by Gasteiger charge is -2.11. The molecule has 2 N–H and O–H groups in total. The number of nitrogens with one attached hydrogen (secondary N) is 2. The second kappa shape index (κ2) is 9.34. The molecule has 2 aromatic carbocycles. The molecule has 1 amide bonds. The van der Waals surface area contributed by atoms with Gasteiger partial charge >= 0.3 is 0 Å². The topological polar surface area (TPSA) is 95.7 Å². The van der Waals surface area contributed by atoms with Gasteiger partial charge < -0.3 is 14.8 Å². The summed E-state index contributed by atoms with van der Waals surface area (Å²) in [5, 5.41) is 14.4. The van der Waals surface area contributed by atoms with Crippen LogP contribution in [-0.4, -0.2) is 31.6 Å². The first-order valence-corrected chi connectivity index (χ1v) is 8.75. The second-order valence-electron chi connectivity index (χ2n) is 4.93. The molecule has 0 fully saturated rings. The first-order valence-electron chi connectivity index (χ1n) is 7.52. The number of amides is 1. The molecule has 0 heterocycles. The van der Waals surface area contributed by atoms with Crippen LogP contribution in [0.5, 0.6) is 11.5 Å². The number of benzene rings is 2. The summed E-state index contributed by atoms with van der Waals surface area (Å²) in [5.41, 5.74) is 1.59. The Hall–Kier alpha value is -3.18. The summed E-state index contributed by atoms with van der Waals surface area (Å²) in [6.45, 7) is 0. The summed E-state index contributed by atoms with van der Waals surface area (Å²) in [7, 11) is 3.08. The maximum atomic E-state index is 12.5. The summed E-state index contributed by atoms with van der Waals surface area (Å²) >= 11 is 1.30. The van der Waals surface area contributed by atoms with Gasteiger partial charge in [-0.25, -0.2) is 4.99 Å². The molecule has 0 aliphatic rings. The zero-order valence-corrected chi connectivity index (χ0v) is 15.4. The number of hydrogen-bond acceptors (Lipinski definition) is 6. The number of nitriles is 1. The van der Waals surface area contributed by atoms with Crippen molar-refractivity contribution < 1.29 is 14.3 Å². The highest BCUT2D eigenvalue weighted by Gasteiger charge is 2.10. The van der Waals surface area contributed by atoms with Gasteiger partial charge in [0, 0.05) is 17.3 Å². The van der Waals surface area contributed by atoms with E-state index in [4.69, 9.17) is 14.7 Å². The van der Waals surface area contributed by atoms with Crippen LogP contribution in [0.4, 0.5) is 11.4 Å². The van der Waals surface area contributed by atoms with Gasteiger partial charge in [-0.3, -0.25) is 10.1 Å². The minimum Gasteiger partial charge on any atom is -0.493 e. The molecule has 0 aliphatic carbocycles. The lowest BCUT2D eigenvalue weighted by molar-refractivity contribution is 0.102. The number of hydrogen-bond donors (Lipinski definition) is 2. The maximum absolute atomic E-state index is 12.5. The minimum atomic E-state index is -0.284. The van der Waals surface area contributed by atoms with E-state index in [1.54, 1.807) is 55.8 Å². The van der Waals surface area contributed by atoms with Crippen molar-refractivity contribution in [2.45, 2.75) is 0 Å². The summed E-state index contributed by atoms with van der Waals surface area (Å²) in [4.78, 5) is 16.8. The molecule has 0 saturated heterocycles. The molecule has 7 nitrogen and oxygen atoms in total. The lowest BCUT2D eigenvalue weighted by atomic mass is 10.2. The van der Waals surface area contributed by atoms with E-state index in [0.29, 0.717) is 33.6 Å². The largest absolute Gasteiger partial charge is 0.493 e. The monoisotopic (exact) mass is 370 g/mol. The molecule has 0 spiro atoms. The van der Waals surface area contributed by atoms with Gasteiger partial charge in [-0.15, -0.1) is 0 Å². The molecule has 8 heteroatoms. The van der Waals surface area contributed by atoms with Gasteiger partial charge in [0.1, 0.15) is 0 Å². The number of nitrogens with zero attached hydrogens (tertiary/aromatic N) is 2. The van der Waals surface area contributed by atoms with Crippen LogP contribution in [0.25, 0.3) is 0 Å². The number of anilines is 1. The third-order valence-corrected chi connectivity index (χ3v) is 3.92. The van der Waals surface area contributed by atoms with Crippen LogP contribution < -0.4 is 20.1 Å². The number of amidine groups is 1. The Kier molecular flexibility index (Phi) is 6.88. The number of ether oxygens (including phenoxy) is 2. The van der Waals surface area contributed by atoms with E-state index in [0.717, 1.165) is 0 Å². The van der Waals surface area contributed by atoms with E-state index in [2.05, 4.69) is 15.6 Å². The Labute approximate surface area is 156 Å². The average molecular weight is 370 g/mol. The highest BCUT2D eigenvalue weighted by molar-refractivity contribution is 8.13. The smallest absolute Gasteiger partial charge is 0.255 e. The molecule has 0 aromatic heterocycles. The molecule has 26 heavy (non-hydrogen) atoms. The second-order valence-corrected chi connectivity index (χ2v) is 5.73. The lowest BCUT2D eigenvalue weighted by Crippen LogP contribution is -2.13. The van der Waals surface area contributed by atoms with Crippen molar-refractivity contribution in [3.63, 3.8) is 0 Å². The summed E-state index contributed by atoms with van der Waals surface area (Å²) in [6, 6.07) is 11.9. The zero-order chi connectivity index (χ0) is 18.9. The Bertz CT molecular complexity index is 862. The van der Waals surface area contributed by atoms with E-state index in [-0.39, 0.29) is 5.91 Å². The average Bonchev–Trinajstić information content (AvgIpc) is 2.67. The third-order valence-electron chi connectivity index (χ3n) is 3.34. The van der Waals surface area contributed by atoms with Gasteiger partial charge in [-0.1, -0.05) is 17.8 Å². The first-order chi connectivity index (χ1) is 12.6. The van der Waals surface area contributed by atoms with E-state index < -0.39 is 0 Å². The molecule has 0 bridgehead atoms. The minimum absolute atomic E-state index is 0.284. The number of rotatable bonds is 5. The van der Waals surface area contributed by atoms with E-state index >= 15 is 0 Å². The quantitative estimate of drug-likeness (QED) is 0.363. The fourth-order valence-corrected chi connectivity index (χ4v) is 2.47. The van der Waals surface area contributed by atoms with Gasteiger partial charge in [0.2, 0.25) is 0 Å². The van der Waals surface area contributed by atoms with Crippen molar-refractivity contribution in [1.29, 1.82) is 5.26 Å². The molecule has 0 unspecified atom stereocenters. The zero-order valence-electron chi connectivity index (χ0n) is 14.6. The Morgan fingerprint density at radius 1 is 1.15 bits per heavy atom. The van der Waals surface area contributed by atoms with Crippen LogP contribution >= 0.6 is 11.8 Å². The molecule has 0 aliphatic heterocycles. The molecule has 2 aromatic rings. The predicted molar refractivity (Wildman–Crippen MR) is 103 cm³/mol. The summed E-state index contributed by atoms with van der Waals surface area (Å²) < 4.78 is 10.4. The van der Waals surface area contributed by atoms with Crippen LogP contribution in [0.3, 0.4) is 0 Å². The van der Waals surface area contributed by atoms with Crippen LogP contribution in [0.15, 0.2) is 47.5 Å². The van der Waals surface area contributed by atoms with Gasteiger partial charge in [0.25, 0.3) is 5.91 Å². The van der Waals surface area contributed by atoms with Gasteiger partial charge in [-0.2, -0.15) is 5.26 Å². The van der Waals surface area contributed by atoms with Gasteiger partial charge in [0.05, 0.1) is 19.9 Å². The standard InChI is InChI=1S/C18H18N4O3S/c1-24-15-8-7-14(10-16(15)25-2)21-17(23)12-5-4-6-13(9-12)22-18(26-3)20-11-19/h4-10H,1-3H3,(H,20,22)(H,21,23). The molecule has 0 saturated carbocycles. The summed E-state index contributed by atoms with van der Waals surface area (Å²) in [5.74, 6) is 0.820. The van der Waals surface area contributed by atoms with Crippen molar-refractivity contribution in [2.24, 2.45) is 4.99 Å². The molecule has 0 atom stereocenters. The van der Waals surface area contributed by atoms with Crippen LogP contribution in [0, 0.1) is 11.5 Å². The van der Waals surface area contributed by atoms with E-state index in [9.17, 15) is 4.79 Å². The maximum Gasteiger partial charge on any atom is 0.255 e. The Morgan fingerprint density at radius 3 is 2.58 bits per heavy atom. The number of aliphatic imine (C=N–C) groups is 1. The number of carbonyl (C=O) groups excluding carboxylic acids is 1. The van der Waals surface area contributed by atoms with Crippen LogP contribution in [0.2, 0.25) is 0 Å². The van der Waals surface area contributed by atoms with Crippen LogP contribution in [0.1, 0.15) is 10.4 Å². The molecule has 2 rings (SSSR count). The number of carbonyl (C=O) groups is 1. The van der Waals surface area contributed by atoms with Crippen molar-refractivity contribution in [2.75, 3.05) is 25.8 Å². The molecular formula is C18H18N4O3S. The van der Waals surface area contributed by atoms with Crippen molar-refractivity contribution in [3.8, 4) is 17.7 Å². The Morgan fingerprint density at radius 2 is 1.92 bits per heavy atom. The Balaban J connectivity index is 2.20. The number of thioether (sulfide) groups is 1. The van der Waals surface area contributed by atoms with Crippen molar-refractivity contribution >= 4 is 34.2 Å². The van der Waals surface area contributed by atoms with Crippen molar-refractivity contribution in [1.82, 2.24) is 5.32 Å². The van der Waals surface area contributed by atoms with Crippen molar-refractivity contribution in [3.05, 3.63) is 48.0 Å². The molecule has 0 radical (unpaired) electrons. The fourth-order valence-electron chi connectivity index (χ4n) is 2.12. The van der Waals surface area contributed by atoms with Crippen LogP contribution in [-0.2, 0) is 0 Å².